The van der Waals surface area contributed by atoms with E-state index in [0.717, 1.165) is 24.8 Å². The summed E-state index contributed by atoms with van der Waals surface area (Å²) in [5, 5.41) is 11.4. The van der Waals surface area contributed by atoms with Gasteiger partial charge in [-0.3, -0.25) is 4.90 Å². The summed E-state index contributed by atoms with van der Waals surface area (Å²) in [6, 6.07) is 5.77. The van der Waals surface area contributed by atoms with Gasteiger partial charge < -0.3 is 5.11 Å². The Hall–Kier alpha value is -0.280. The predicted molar refractivity (Wildman–Crippen MR) is 76.2 cm³/mol. The molecule has 1 N–H and O–H groups in total. The topological polar surface area (TPSA) is 23.5 Å². The highest BCUT2D eigenvalue weighted by molar-refractivity contribution is 6.35. The normalized spacial score (nSPS) is 24.5. The van der Waals surface area contributed by atoms with Crippen molar-refractivity contribution in [2.45, 2.75) is 44.4 Å². The number of rotatable bonds is 3. The van der Waals surface area contributed by atoms with Gasteiger partial charge in [0, 0.05) is 28.2 Å². The average molecular weight is 288 g/mol. The van der Waals surface area contributed by atoms with Crippen LogP contribution >= 0.6 is 23.2 Å². The lowest BCUT2D eigenvalue weighted by molar-refractivity contribution is 0.0288. The van der Waals surface area contributed by atoms with E-state index in [4.69, 9.17) is 23.2 Å². The van der Waals surface area contributed by atoms with Crippen molar-refractivity contribution in [1.29, 1.82) is 0 Å². The van der Waals surface area contributed by atoms with E-state index in [9.17, 15) is 5.11 Å². The van der Waals surface area contributed by atoms with Crippen LogP contribution in [0.2, 0.25) is 10.0 Å². The molecule has 0 heterocycles. The SMILES string of the molecule is CN(Cc1c(Cl)cccc1Cl)C1CCCCC1O. The van der Waals surface area contributed by atoms with Crippen molar-refractivity contribution in [2.24, 2.45) is 0 Å². The molecular weight excluding hydrogens is 269 g/mol. The maximum absolute atomic E-state index is 10.0. The molecule has 1 aromatic rings. The molecule has 2 nitrogen and oxygen atoms in total. The molecular formula is C14H19Cl2NO. The Kier molecular flexibility index (Phi) is 4.91. The summed E-state index contributed by atoms with van der Waals surface area (Å²) in [6.07, 6.45) is 4.01. The minimum Gasteiger partial charge on any atom is -0.391 e. The van der Waals surface area contributed by atoms with Gasteiger partial charge in [0.25, 0.3) is 0 Å². The lowest BCUT2D eigenvalue weighted by Crippen LogP contribution is -2.42. The van der Waals surface area contributed by atoms with Gasteiger partial charge in [-0.05, 0) is 32.0 Å². The molecule has 4 heteroatoms. The fraction of sp³-hybridized carbons (Fsp3) is 0.571. The molecule has 0 radical (unpaired) electrons. The van der Waals surface area contributed by atoms with E-state index in [1.165, 1.54) is 6.42 Å². The average Bonchev–Trinajstić information content (AvgIpc) is 2.34. The molecule has 0 spiro atoms. The van der Waals surface area contributed by atoms with Crippen molar-refractivity contribution in [3.05, 3.63) is 33.8 Å². The molecule has 0 aliphatic heterocycles. The fourth-order valence-electron chi connectivity index (χ4n) is 2.66. The number of nitrogens with zero attached hydrogens (tertiary/aromatic N) is 1. The third-order valence-corrected chi connectivity index (χ3v) is 4.44. The van der Waals surface area contributed by atoms with Crippen molar-refractivity contribution < 1.29 is 5.11 Å². The molecule has 1 fully saturated rings. The maximum atomic E-state index is 10.0. The summed E-state index contributed by atoms with van der Waals surface area (Å²) in [5.74, 6) is 0. The van der Waals surface area contributed by atoms with Crippen molar-refractivity contribution in [3.8, 4) is 0 Å². The van der Waals surface area contributed by atoms with Crippen molar-refractivity contribution in [1.82, 2.24) is 4.90 Å². The first-order valence-electron chi connectivity index (χ1n) is 6.41. The van der Waals surface area contributed by atoms with Crippen LogP contribution in [0.1, 0.15) is 31.2 Å². The van der Waals surface area contributed by atoms with Crippen LogP contribution in [-0.4, -0.2) is 29.2 Å². The maximum Gasteiger partial charge on any atom is 0.0695 e. The first kappa shape index (κ1) is 14.1. The lowest BCUT2D eigenvalue weighted by atomic mass is 9.91. The lowest BCUT2D eigenvalue weighted by Gasteiger charge is -2.35. The summed E-state index contributed by atoms with van der Waals surface area (Å²) in [6.45, 7) is 0.681. The third kappa shape index (κ3) is 3.18. The van der Waals surface area contributed by atoms with Crippen LogP contribution in [-0.2, 0) is 6.54 Å². The van der Waals surface area contributed by atoms with E-state index in [1.54, 1.807) is 0 Å². The van der Waals surface area contributed by atoms with E-state index < -0.39 is 0 Å². The Morgan fingerprint density at radius 3 is 2.44 bits per heavy atom. The van der Waals surface area contributed by atoms with Gasteiger partial charge >= 0.3 is 0 Å². The number of hydrogen-bond donors (Lipinski definition) is 1. The highest BCUT2D eigenvalue weighted by Gasteiger charge is 2.27. The highest BCUT2D eigenvalue weighted by Crippen LogP contribution is 2.28. The molecule has 1 aliphatic carbocycles. The summed E-state index contributed by atoms with van der Waals surface area (Å²) in [5.41, 5.74) is 0.945. The molecule has 100 valence electrons. The number of halogens is 2. The zero-order valence-electron chi connectivity index (χ0n) is 10.6. The van der Waals surface area contributed by atoms with Crippen LogP contribution in [0.5, 0.6) is 0 Å². The summed E-state index contributed by atoms with van der Waals surface area (Å²) in [4.78, 5) is 2.16. The Balaban J connectivity index is 2.08. The molecule has 18 heavy (non-hydrogen) atoms. The monoisotopic (exact) mass is 287 g/mol. The summed E-state index contributed by atoms with van der Waals surface area (Å²) >= 11 is 12.4. The molecule has 2 rings (SSSR count). The molecule has 0 aromatic heterocycles. The zero-order chi connectivity index (χ0) is 13.1. The number of aliphatic hydroxyl groups is 1. The van der Waals surface area contributed by atoms with Crippen molar-refractivity contribution in [3.63, 3.8) is 0 Å². The molecule has 2 unspecified atom stereocenters. The Bertz CT molecular complexity index is 391. The molecule has 1 aliphatic rings. The van der Waals surface area contributed by atoms with E-state index in [1.807, 2.05) is 25.2 Å². The standard InChI is InChI=1S/C14H19Cl2NO/c1-17(13-7-2-3-8-14(13)18)9-10-11(15)5-4-6-12(10)16/h4-6,13-14,18H,2-3,7-9H2,1H3. The van der Waals surface area contributed by atoms with Gasteiger partial charge in [0.05, 0.1) is 6.10 Å². The smallest absolute Gasteiger partial charge is 0.0695 e. The van der Waals surface area contributed by atoms with Gasteiger partial charge in [-0.25, -0.2) is 0 Å². The van der Waals surface area contributed by atoms with Crippen LogP contribution in [0.3, 0.4) is 0 Å². The van der Waals surface area contributed by atoms with Crippen LogP contribution in [0.25, 0.3) is 0 Å². The number of likely N-dealkylation sites (N-methyl/N-ethyl adjacent to an activating group) is 1. The quantitative estimate of drug-likeness (QED) is 0.916. The van der Waals surface area contributed by atoms with E-state index in [0.29, 0.717) is 16.6 Å². The second kappa shape index (κ2) is 6.25. The van der Waals surface area contributed by atoms with Gasteiger partial charge in [-0.1, -0.05) is 42.1 Å². The second-order valence-electron chi connectivity index (χ2n) is 5.03. The molecule has 0 amide bonds. The van der Waals surface area contributed by atoms with Gasteiger partial charge in [0.2, 0.25) is 0 Å². The predicted octanol–water partition coefficient (Wildman–Crippen LogP) is 3.73. The van der Waals surface area contributed by atoms with Gasteiger partial charge in [-0.2, -0.15) is 0 Å². The van der Waals surface area contributed by atoms with E-state index in [2.05, 4.69) is 4.90 Å². The Morgan fingerprint density at radius 2 is 1.83 bits per heavy atom. The number of aliphatic hydroxyl groups excluding tert-OH is 1. The van der Waals surface area contributed by atoms with Gasteiger partial charge in [-0.15, -0.1) is 0 Å². The second-order valence-corrected chi connectivity index (χ2v) is 5.85. The molecule has 1 aromatic carbocycles. The van der Waals surface area contributed by atoms with E-state index >= 15 is 0 Å². The highest BCUT2D eigenvalue weighted by atomic mass is 35.5. The van der Waals surface area contributed by atoms with E-state index in [-0.39, 0.29) is 12.1 Å². The molecule has 2 atom stereocenters. The fourth-order valence-corrected chi connectivity index (χ4v) is 3.17. The van der Waals surface area contributed by atoms with Gasteiger partial charge in [0.15, 0.2) is 0 Å². The summed E-state index contributed by atoms with van der Waals surface area (Å²) < 4.78 is 0. The van der Waals surface area contributed by atoms with Crippen LogP contribution in [0.4, 0.5) is 0 Å². The molecule has 0 bridgehead atoms. The minimum atomic E-state index is -0.231. The summed E-state index contributed by atoms with van der Waals surface area (Å²) in [7, 11) is 2.03. The molecule has 0 saturated heterocycles. The first-order chi connectivity index (χ1) is 8.59. The van der Waals surface area contributed by atoms with Crippen LogP contribution < -0.4 is 0 Å². The Labute approximate surface area is 119 Å². The number of hydrogen-bond acceptors (Lipinski definition) is 2. The largest absolute Gasteiger partial charge is 0.391 e. The van der Waals surface area contributed by atoms with Crippen molar-refractivity contribution in [2.75, 3.05) is 7.05 Å². The number of benzene rings is 1. The zero-order valence-corrected chi connectivity index (χ0v) is 12.1. The third-order valence-electron chi connectivity index (χ3n) is 3.73. The van der Waals surface area contributed by atoms with Crippen molar-refractivity contribution >= 4 is 23.2 Å². The first-order valence-corrected chi connectivity index (χ1v) is 7.16. The van der Waals surface area contributed by atoms with Crippen LogP contribution in [0, 0.1) is 0 Å². The van der Waals surface area contributed by atoms with Gasteiger partial charge in [0.1, 0.15) is 0 Å². The molecule has 1 saturated carbocycles. The van der Waals surface area contributed by atoms with Crippen LogP contribution in [0.15, 0.2) is 18.2 Å². The Morgan fingerprint density at radius 1 is 1.22 bits per heavy atom. The minimum absolute atomic E-state index is 0.214.